The number of benzene rings is 2. The predicted molar refractivity (Wildman–Crippen MR) is 125 cm³/mol. The first-order chi connectivity index (χ1) is 15.0. The van der Waals surface area contributed by atoms with Crippen molar-refractivity contribution in [3.63, 3.8) is 0 Å². The van der Waals surface area contributed by atoms with E-state index in [0.29, 0.717) is 11.5 Å². The summed E-state index contributed by atoms with van der Waals surface area (Å²) in [6.45, 7) is 9.20. The maximum atomic E-state index is 9.60. The van der Waals surface area contributed by atoms with E-state index in [0.717, 1.165) is 12.8 Å². The summed E-state index contributed by atoms with van der Waals surface area (Å²) in [5.41, 5.74) is 2.91. The van der Waals surface area contributed by atoms with Gasteiger partial charge in [0.1, 0.15) is 11.5 Å². The zero-order valence-electron chi connectivity index (χ0n) is 18.7. The number of phenols is 2. The first-order valence-corrected chi connectivity index (χ1v) is 10.4. The summed E-state index contributed by atoms with van der Waals surface area (Å²) < 4.78 is 0. The molecule has 1 fully saturated rings. The van der Waals surface area contributed by atoms with Crippen molar-refractivity contribution in [3.05, 3.63) is 84.0 Å². The van der Waals surface area contributed by atoms with Crippen molar-refractivity contribution in [2.45, 2.75) is 51.4 Å². The van der Waals surface area contributed by atoms with E-state index >= 15 is 0 Å². The molecule has 3 rings (SSSR count). The van der Waals surface area contributed by atoms with Crippen LogP contribution >= 0.6 is 0 Å². The van der Waals surface area contributed by atoms with Crippen LogP contribution < -0.4 is 0 Å². The Balaban J connectivity index is 0.000000355. The second-order valence-electron chi connectivity index (χ2n) is 7.91. The van der Waals surface area contributed by atoms with Crippen molar-refractivity contribution in [1.82, 2.24) is 0 Å². The zero-order valence-corrected chi connectivity index (χ0v) is 18.7. The molecule has 0 heterocycles. The second-order valence-corrected chi connectivity index (χ2v) is 7.91. The fourth-order valence-corrected chi connectivity index (χ4v) is 3.46. The number of phenolic OH excluding ortho intramolecular Hbond substituents is 2. The van der Waals surface area contributed by atoms with Gasteiger partial charge in [-0.25, -0.2) is 9.59 Å². The molecule has 0 aliphatic heterocycles. The molecule has 2 aromatic carbocycles. The van der Waals surface area contributed by atoms with E-state index in [-0.39, 0.29) is 16.6 Å². The van der Waals surface area contributed by atoms with Crippen LogP contribution in [0.15, 0.2) is 72.8 Å². The van der Waals surface area contributed by atoms with Crippen LogP contribution in [0.2, 0.25) is 0 Å². The highest BCUT2D eigenvalue weighted by atomic mass is 16.4. The minimum absolute atomic E-state index is 0.0274. The Morgan fingerprint density at radius 2 is 0.969 bits per heavy atom. The van der Waals surface area contributed by atoms with Crippen LogP contribution in [0.4, 0.5) is 0 Å². The number of carboxylic acids is 2. The monoisotopic (exact) mass is 440 g/mol. The molecule has 172 valence electrons. The number of hydrogen-bond donors (Lipinski definition) is 4. The third-order valence-electron chi connectivity index (χ3n) is 5.28. The Kier molecular flexibility index (Phi) is 10.2. The van der Waals surface area contributed by atoms with Gasteiger partial charge in [0.25, 0.3) is 0 Å². The van der Waals surface area contributed by atoms with Crippen molar-refractivity contribution in [1.29, 1.82) is 0 Å². The second kappa shape index (κ2) is 12.3. The van der Waals surface area contributed by atoms with Gasteiger partial charge in [0.15, 0.2) is 0 Å². The molecular weight excluding hydrogens is 408 g/mol. The summed E-state index contributed by atoms with van der Waals surface area (Å²) in [6.07, 6.45) is 5.99. The quantitative estimate of drug-likeness (QED) is 0.457. The van der Waals surface area contributed by atoms with Gasteiger partial charge in [-0.3, -0.25) is 0 Å². The van der Waals surface area contributed by atoms with Gasteiger partial charge >= 0.3 is 11.9 Å². The highest BCUT2D eigenvalue weighted by Crippen LogP contribution is 2.45. The number of rotatable bonds is 4. The summed E-state index contributed by atoms with van der Waals surface area (Å²) in [5, 5.41) is 34.8. The molecule has 4 N–H and O–H groups in total. The van der Waals surface area contributed by atoms with Crippen molar-refractivity contribution in [2.24, 2.45) is 0 Å². The first kappa shape index (κ1) is 26.5. The standard InChI is InChI=1S/C18H20O2.2C4H6O2/c19-16-8-4-14(5-9-16)18(12-2-1-3-13-18)15-6-10-17(20)11-7-15;2*1-3(2)4(5)6/h4-11,19-20H,1-3,12-13H2;2*1H2,2H3,(H,5,6). The molecule has 0 saturated heterocycles. The van der Waals surface area contributed by atoms with Crippen LogP contribution in [0.1, 0.15) is 57.1 Å². The average Bonchev–Trinajstić information content (AvgIpc) is 2.76. The summed E-state index contributed by atoms with van der Waals surface area (Å²) in [4.78, 5) is 19.2. The SMILES string of the molecule is C=C(C)C(=O)O.C=C(C)C(=O)O.Oc1ccc(C2(c3ccc(O)cc3)CCCCC2)cc1. The Hall–Kier alpha value is -3.54. The first-order valence-electron chi connectivity index (χ1n) is 10.4. The highest BCUT2D eigenvalue weighted by molar-refractivity contribution is 5.85. The van der Waals surface area contributed by atoms with Crippen molar-refractivity contribution >= 4 is 11.9 Å². The van der Waals surface area contributed by atoms with Gasteiger partial charge in [0.05, 0.1) is 0 Å². The number of aromatic hydroxyl groups is 2. The summed E-state index contributed by atoms with van der Waals surface area (Å²) in [7, 11) is 0. The van der Waals surface area contributed by atoms with E-state index in [1.165, 1.54) is 44.2 Å². The zero-order chi connectivity index (χ0) is 24.3. The fourth-order valence-electron chi connectivity index (χ4n) is 3.46. The average molecular weight is 441 g/mol. The van der Waals surface area contributed by atoms with E-state index < -0.39 is 11.9 Å². The Labute approximate surface area is 189 Å². The predicted octanol–water partition coefficient (Wildman–Crippen LogP) is 5.64. The lowest BCUT2D eigenvalue weighted by atomic mass is 9.65. The van der Waals surface area contributed by atoms with Crippen molar-refractivity contribution < 1.29 is 30.0 Å². The summed E-state index contributed by atoms with van der Waals surface area (Å²) >= 11 is 0. The lowest BCUT2D eigenvalue weighted by molar-refractivity contribution is -0.133. The lowest BCUT2D eigenvalue weighted by Gasteiger charge is -2.38. The van der Waals surface area contributed by atoms with Gasteiger partial charge in [0, 0.05) is 16.6 Å². The maximum Gasteiger partial charge on any atom is 0.330 e. The lowest BCUT2D eigenvalue weighted by Crippen LogP contribution is -2.30. The van der Waals surface area contributed by atoms with Crippen LogP contribution in [0.25, 0.3) is 0 Å². The number of carbonyl (C=O) groups is 2. The molecule has 0 radical (unpaired) electrons. The number of hydrogen-bond acceptors (Lipinski definition) is 4. The van der Waals surface area contributed by atoms with Crippen LogP contribution in [0, 0.1) is 0 Å². The molecule has 0 spiro atoms. The topological polar surface area (TPSA) is 115 Å². The molecule has 0 amide bonds. The Morgan fingerprint density at radius 1 is 0.688 bits per heavy atom. The van der Waals surface area contributed by atoms with Crippen LogP contribution in [0.5, 0.6) is 11.5 Å². The number of carboxylic acid groups (broad SMARTS) is 2. The van der Waals surface area contributed by atoms with Crippen LogP contribution in [-0.4, -0.2) is 32.4 Å². The fraction of sp³-hybridized carbons (Fsp3) is 0.308. The van der Waals surface area contributed by atoms with E-state index in [4.69, 9.17) is 10.2 Å². The molecule has 0 bridgehead atoms. The van der Waals surface area contributed by atoms with Gasteiger partial charge in [-0.2, -0.15) is 0 Å². The van der Waals surface area contributed by atoms with Crippen LogP contribution in [-0.2, 0) is 15.0 Å². The summed E-state index contributed by atoms with van der Waals surface area (Å²) in [5.74, 6) is -1.25. The van der Waals surface area contributed by atoms with Gasteiger partial charge in [-0.15, -0.1) is 0 Å². The van der Waals surface area contributed by atoms with Gasteiger partial charge in [0.2, 0.25) is 0 Å². The molecule has 6 nitrogen and oxygen atoms in total. The largest absolute Gasteiger partial charge is 0.508 e. The Bertz CT molecular complexity index is 824. The molecule has 32 heavy (non-hydrogen) atoms. The molecule has 1 aliphatic rings. The molecule has 2 aromatic rings. The molecular formula is C26H32O6. The normalized spacial score (nSPS) is 13.9. The maximum absolute atomic E-state index is 9.60. The van der Waals surface area contributed by atoms with E-state index in [1.54, 1.807) is 24.3 Å². The minimum Gasteiger partial charge on any atom is -0.508 e. The molecule has 0 unspecified atom stereocenters. The molecule has 6 heteroatoms. The van der Waals surface area contributed by atoms with Gasteiger partial charge in [-0.05, 0) is 62.1 Å². The number of aliphatic carboxylic acids is 2. The molecule has 0 atom stereocenters. The minimum atomic E-state index is -0.935. The third-order valence-corrected chi connectivity index (χ3v) is 5.28. The van der Waals surface area contributed by atoms with Gasteiger partial charge in [-0.1, -0.05) is 56.7 Å². The molecule has 1 saturated carbocycles. The summed E-state index contributed by atoms with van der Waals surface area (Å²) in [6, 6.07) is 15.2. The molecule has 0 aromatic heterocycles. The van der Waals surface area contributed by atoms with Crippen molar-refractivity contribution in [2.75, 3.05) is 0 Å². The Morgan fingerprint density at radius 3 is 1.22 bits per heavy atom. The van der Waals surface area contributed by atoms with Crippen molar-refractivity contribution in [3.8, 4) is 11.5 Å². The third kappa shape index (κ3) is 7.95. The van der Waals surface area contributed by atoms with E-state index in [1.807, 2.05) is 24.3 Å². The van der Waals surface area contributed by atoms with E-state index in [2.05, 4.69) is 13.2 Å². The van der Waals surface area contributed by atoms with Crippen LogP contribution in [0.3, 0.4) is 0 Å². The smallest absolute Gasteiger partial charge is 0.330 e. The molecule has 1 aliphatic carbocycles. The van der Waals surface area contributed by atoms with E-state index in [9.17, 15) is 19.8 Å². The van der Waals surface area contributed by atoms with Gasteiger partial charge < -0.3 is 20.4 Å². The highest BCUT2D eigenvalue weighted by Gasteiger charge is 2.35.